The fourth-order valence-corrected chi connectivity index (χ4v) is 3.21. The van der Waals surface area contributed by atoms with Crippen molar-refractivity contribution in [3.8, 4) is 11.5 Å². The first-order valence-corrected chi connectivity index (χ1v) is 8.41. The van der Waals surface area contributed by atoms with E-state index in [1.807, 2.05) is 6.92 Å². The Morgan fingerprint density at radius 2 is 1.92 bits per heavy atom. The molecular formula is C19H17FN4O2. The molecule has 1 aliphatic rings. The van der Waals surface area contributed by atoms with Gasteiger partial charge in [-0.25, -0.2) is 4.39 Å². The van der Waals surface area contributed by atoms with E-state index in [2.05, 4.69) is 15.1 Å². The van der Waals surface area contributed by atoms with E-state index in [1.54, 1.807) is 41.6 Å². The van der Waals surface area contributed by atoms with Gasteiger partial charge in [-0.05, 0) is 36.8 Å². The molecule has 3 aromatic rings. The van der Waals surface area contributed by atoms with Crippen LogP contribution in [0, 0.1) is 5.82 Å². The highest BCUT2D eigenvalue weighted by molar-refractivity contribution is 5.80. The SMILES string of the molecule is CC(c1ccc(F)cc1)N1CC(c2noc(-c3ccncc3)n2)CC1=O. The molecule has 2 unspecified atom stereocenters. The molecule has 1 fully saturated rings. The summed E-state index contributed by atoms with van der Waals surface area (Å²) in [4.78, 5) is 22.7. The molecular weight excluding hydrogens is 335 g/mol. The van der Waals surface area contributed by atoms with Gasteiger partial charge < -0.3 is 9.42 Å². The van der Waals surface area contributed by atoms with Gasteiger partial charge in [-0.3, -0.25) is 9.78 Å². The highest BCUT2D eigenvalue weighted by Crippen LogP contribution is 2.33. The van der Waals surface area contributed by atoms with Crippen LogP contribution >= 0.6 is 0 Å². The molecule has 1 amide bonds. The van der Waals surface area contributed by atoms with E-state index >= 15 is 0 Å². The van der Waals surface area contributed by atoms with Crippen LogP contribution < -0.4 is 0 Å². The van der Waals surface area contributed by atoms with Gasteiger partial charge in [0.2, 0.25) is 5.91 Å². The van der Waals surface area contributed by atoms with Crippen LogP contribution in [0.15, 0.2) is 53.3 Å². The summed E-state index contributed by atoms with van der Waals surface area (Å²) < 4.78 is 18.4. The zero-order valence-corrected chi connectivity index (χ0v) is 14.2. The van der Waals surface area contributed by atoms with Gasteiger partial charge in [0.1, 0.15) is 5.82 Å². The van der Waals surface area contributed by atoms with E-state index in [4.69, 9.17) is 4.52 Å². The lowest BCUT2D eigenvalue weighted by Gasteiger charge is -2.25. The zero-order valence-electron chi connectivity index (χ0n) is 14.2. The van der Waals surface area contributed by atoms with Crippen molar-refractivity contribution in [2.75, 3.05) is 6.54 Å². The van der Waals surface area contributed by atoms with Gasteiger partial charge >= 0.3 is 0 Å². The van der Waals surface area contributed by atoms with E-state index in [1.165, 1.54) is 12.1 Å². The van der Waals surface area contributed by atoms with Crippen molar-refractivity contribution in [2.24, 2.45) is 0 Å². The number of halogens is 1. The van der Waals surface area contributed by atoms with E-state index in [9.17, 15) is 9.18 Å². The molecule has 2 aromatic heterocycles. The standard InChI is InChI=1S/C19H17FN4O2/c1-12(13-2-4-16(20)5-3-13)24-11-15(10-17(24)25)18-22-19(26-23-18)14-6-8-21-9-7-14/h2-9,12,15H,10-11H2,1H3. The smallest absolute Gasteiger partial charge is 0.258 e. The third kappa shape index (κ3) is 3.08. The fourth-order valence-electron chi connectivity index (χ4n) is 3.21. The van der Waals surface area contributed by atoms with Crippen LogP contribution in [0.25, 0.3) is 11.5 Å². The third-order valence-electron chi connectivity index (χ3n) is 4.71. The maximum atomic E-state index is 13.1. The number of nitrogens with zero attached hydrogens (tertiary/aromatic N) is 4. The summed E-state index contributed by atoms with van der Waals surface area (Å²) in [5, 5.41) is 4.05. The van der Waals surface area contributed by atoms with Gasteiger partial charge in [0, 0.05) is 36.8 Å². The Morgan fingerprint density at radius 1 is 1.19 bits per heavy atom. The van der Waals surface area contributed by atoms with Crippen molar-refractivity contribution in [2.45, 2.75) is 25.3 Å². The van der Waals surface area contributed by atoms with Crippen molar-refractivity contribution < 1.29 is 13.7 Å². The van der Waals surface area contributed by atoms with E-state index in [0.29, 0.717) is 24.7 Å². The number of amides is 1. The van der Waals surface area contributed by atoms with E-state index < -0.39 is 0 Å². The average molecular weight is 352 g/mol. The lowest BCUT2D eigenvalue weighted by atomic mass is 10.1. The minimum atomic E-state index is -0.290. The average Bonchev–Trinajstić information content (AvgIpc) is 3.29. The highest BCUT2D eigenvalue weighted by atomic mass is 19.1. The van der Waals surface area contributed by atoms with Crippen LogP contribution in [0.1, 0.15) is 36.7 Å². The van der Waals surface area contributed by atoms with E-state index in [-0.39, 0.29) is 23.7 Å². The van der Waals surface area contributed by atoms with Crippen molar-refractivity contribution in [3.63, 3.8) is 0 Å². The first-order chi connectivity index (χ1) is 12.6. The van der Waals surface area contributed by atoms with Gasteiger partial charge in [0.15, 0.2) is 5.82 Å². The molecule has 4 rings (SSSR count). The molecule has 0 spiro atoms. The third-order valence-corrected chi connectivity index (χ3v) is 4.71. The Balaban J connectivity index is 1.51. The Labute approximate surface area is 149 Å². The molecule has 7 heteroatoms. The maximum absolute atomic E-state index is 13.1. The lowest BCUT2D eigenvalue weighted by molar-refractivity contribution is -0.129. The monoisotopic (exact) mass is 352 g/mol. The second-order valence-electron chi connectivity index (χ2n) is 6.37. The summed E-state index contributed by atoms with van der Waals surface area (Å²) in [5.41, 5.74) is 1.69. The van der Waals surface area contributed by atoms with Crippen molar-refractivity contribution in [1.29, 1.82) is 0 Å². The molecule has 1 aromatic carbocycles. The first-order valence-electron chi connectivity index (χ1n) is 8.41. The number of pyridine rings is 1. The summed E-state index contributed by atoms with van der Waals surface area (Å²) in [6, 6.07) is 9.67. The number of likely N-dealkylation sites (tertiary alicyclic amines) is 1. The predicted octanol–water partition coefficient (Wildman–Crippen LogP) is 3.35. The topological polar surface area (TPSA) is 72.1 Å². The summed E-state index contributed by atoms with van der Waals surface area (Å²) in [5.74, 6) is 0.563. The Kier molecular flexibility index (Phi) is 4.20. The minimum Gasteiger partial charge on any atom is -0.335 e. The van der Waals surface area contributed by atoms with Crippen LogP contribution in [0.2, 0.25) is 0 Å². The molecule has 0 saturated carbocycles. The summed E-state index contributed by atoms with van der Waals surface area (Å²) >= 11 is 0. The van der Waals surface area contributed by atoms with Crippen molar-refractivity contribution >= 4 is 5.91 Å². The number of rotatable bonds is 4. The van der Waals surface area contributed by atoms with E-state index in [0.717, 1.165) is 11.1 Å². The van der Waals surface area contributed by atoms with Crippen LogP contribution in [-0.2, 0) is 4.79 Å². The maximum Gasteiger partial charge on any atom is 0.258 e. The van der Waals surface area contributed by atoms with Crippen LogP contribution in [0.5, 0.6) is 0 Å². The van der Waals surface area contributed by atoms with Crippen LogP contribution in [-0.4, -0.2) is 32.5 Å². The largest absolute Gasteiger partial charge is 0.335 e. The molecule has 3 heterocycles. The molecule has 132 valence electrons. The number of hydrogen-bond acceptors (Lipinski definition) is 5. The van der Waals surface area contributed by atoms with Gasteiger partial charge in [-0.1, -0.05) is 17.3 Å². The second-order valence-corrected chi connectivity index (χ2v) is 6.37. The molecule has 0 N–H and O–H groups in total. The van der Waals surface area contributed by atoms with Gasteiger partial charge in [-0.2, -0.15) is 4.98 Å². The second kappa shape index (κ2) is 6.67. The highest BCUT2D eigenvalue weighted by Gasteiger charge is 2.36. The van der Waals surface area contributed by atoms with Crippen molar-refractivity contribution in [1.82, 2.24) is 20.0 Å². The predicted molar refractivity (Wildman–Crippen MR) is 91.4 cm³/mol. The molecule has 1 aliphatic heterocycles. The number of aromatic nitrogens is 3. The molecule has 26 heavy (non-hydrogen) atoms. The Bertz CT molecular complexity index is 911. The minimum absolute atomic E-state index is 0.0297. The lowest BCUT2D eigenvalue weighted by Crippen LogP contribution is -2.28. The fraction of sp³-hybridized carbons (Fsp3) is 0.263. The summed E-state index contributed by atoms with van der Waals surface area (Å²) in [6.07, 6.45) is 3.65. The van der Waals surface area contributed by atoms with Gasteiger partial charge in [-0.15, -0.1) is 0 Å². The van der Waals surface area contributed by atoms with Crippen molar-refractivity contribution in [3.05, 3.63) is 66.0 Å². The number of benzene rings is 1. The van der Waals surface area contributed by atoms with Gasteiger partial charge in [0.25, 0.3) is 5.89 Å². The molecule has 0 aliphatic carbocycles. The molecule has 6 nitrogen and oxygen atoms in total. The molecule has 1 saturated heterocycles. The molecule has 2 atom stereocenters. The van der Waals surface area contributed by atoms with Gasteiger partial charge in [0.05, 0.1) is 6.04 Å². The number of carbonyl (C=O) groups is 1. The first kappa shape index (κ1) is 16.4. The quantitative estimate of drug-likeness (QED) is 0.720. The number of carbonyl (C=O) groups excluding carboxylic acids is 1. The number of hydrogen-bond donors (Lipinski definition) is 0. The Morgan fingerprint density at radius 3 is 2.65 bits per heavy atom. The van der Waals surface area contributed by atoms with Crippen LogP contribution in [0.3, 0.4) is 0 Å². The zero-order chi connectivity index (χ0) is 18.1. The summed E-state index contributed by atoms with van der Waals surface area (Å²) in [6.45, 7) is 2.44. The Hall–Kier alpha value is -3.09. The van der Waals surface area contributed by atoms with Crippen LogP contribution in [0.4, 0.5) is 4.39 Å². The molecule has 0 radical (unpaired) electrons. The normalized spacial score (nSPS) is 18.3. The molecule has 0 bridgehead atoms. The summed E-state index contributed by atoms with van der Waals surface area (Å²) in [7, 11) is 0.